The van der Waals surface area contributed by atoms with Crippen molar-refractivity contribution in [2.45, 2.75) is 59.2 Å². The maximum absolute atomic E-state index is 12.8. The molecule has 3 atom stereocenters. The molecule has 0 spiro atoms. The molecule has 2 amide bonds. The number of amides is 2. The summed E-state index contributed by atoms with van der Waals surface area (Å²) in [5, 5.41) is 12.0. The van der Waals surface area contributed by atoms with Crippen molar-refractivity contribution in [3.05, 3.63) is 35.9 Å². The van der Waals surface area contributed by atoms with E-state index in [4.69, 9.17) is 4.74 Å². The van der Waals surface area contributed by atoms with Gasteiger partial charge in [-0.2, -0.15) is 0 Å². The number of carboxylic acids is 1. The third-order valence-corrected chi connectivity index (χ3v) is 4.73. The van der Waals surface area contributed by atoms with E-state index in [-0.39, 0.29) is 18.4 Å². The Hall–Kier alpha value is -2.57. The van der Waals surface area contributed by atoms with Crippen molar-refractivity contribution in [2.75, 3.05) is 7.05 Å². The Morgan fingerprint density at radius 3 is 2.25 bits per heavy atom. The summed E-state index contributed by atoms with van der Waals surface area (Å²) in [6, 6.07) is 7.45. The maximum atomic E-state index is 12.8. The summed E-state index contributed by atoms with van der Waals surface area (Å²) in [5.74, 6) is -1.66. The first kappa shape index (κ1) is 23.5. The summed E-state index contributed by atoms with van der Waals surface area (Å²) in [6.45, 7) is 7.62. The predicted molar refractivity (Wildman–Crippen MR) is 107 cm³/mol. The Balaban J connectivity index is 2.84. The SMILES string of the molecule is CC[C@H](C)[C@@H](NC(=O)[C@H](CC(C)C)N(C)C(=O)OCc1ccccc1)C(=O)O. The van der Waals surface area contributed by atoms with E-state index < -0.39 is 30.1 Å². The highest BCUT2D eigenvalue weighted by molar-refractivity contribution is 5.89. The van der Waals surface area contributed by atoms with Crippen LogP contribution in [-0.2, 0) is 20.9 Å². The van der Waals surface area contributed by atoms with Gasteiger partial charge in [-0.25, -0.2) is 9.59 Å². The van der Waals surface area contributed by atoms with E-state index in [1.54, 1.807) is 6.92 Å². The van der Waals surface area contributed by atoms with Crippen LogP contribution in [0.4, 0.5) is 4.79 Å². The molecule has 0 saturated carbocycles. The van der Waals surface area contributed by atoms with Crippen LogP contribution < -0.4 is 5.32 Å². The van der Waals surface area contributed by atoms with Gasteiger partial charge in [0.2, 0.25) is 5.91 Å². The molecule has 7 heteroatoms. The van der Waals surface area contributed by atoms with E-state index >= 15 is 0 Å². The van der Waals surface area contributed by atoms with Crippen LogP contribution in [0.2, 0.25) is 0 Å². The third-order valence-electron chi connectivity index (χ3n) is 4.73. The largest absolute Gasteiger partial charge is 0.480 e. The summed E-state index contributed by atoms with van der Waals surface area (Å²) in [4.78, 5) is 38.0. The minimum atomic E-state index is -1.08. The molecule has 0 unspecified atom stereocenters. The van der Waals surface area contributed by atoms with Gasteiger partial charge in [0, 0.05) is 7.05 Å². The highest BCUT2D eigenvalue weighted by Gasteiger charge is 2.33. The topological polar surface area (TPSA) is 95.9 Å². The number of aliphatic carboxylic acids is 1. The van der Waals surface area contributed by atoms with Crippen LogP contribution >= 0.6 is 0 Å². The lowest BCUT2D eigenvalue weighted by atomic mass is 9.97. The number of rotatable bonds is 10. The lowest BCUT2D eigenvalue weighted by Gasteiger charge is -2.30. The van der Waals surface area contributed by atoms with Crippen LogP contribution in [0.5, 0.6) is 0 Å². The van der Waals surface area contributed by atoms with Crippen LogP contribution in [-0.4, -0.2) is 47.1 Å². The zero-order valence-corrected chi connectivity index (χ0v) is 17.3. The molecule has 0 bridgehead atoms. The number of benzene rings is 1. The van der Waals surface area contributed by atoms with Gasteiger partial charge in [0.15, 0.2) is 0 Å². The fourth-order valence-corrected chi connectivity index (χ4v) is 2.77. The van der Waals surface area contributed by atoms with Gasteiger partial charge in [0.1, 0.15) is 18.7 Å². The number of likely N-dealkylation sites (N-methyl/N-ethyl adjacent to an activating group) is 1. The van der Waals surface area contributed by atoms with Gasteiger partial charge in [-0.1, -0.05) is 64.4 Å². The average molecular weight is 392 g/mol. The van der Waals surface area contributed by atoms with Crippen molar-refractivity contribution >= 4 is 18.0 Å². The number of hydrogen-bond donors (Lipinski definition) is 2. The van der Waals surface area contributed by atoms with Crippen molar-refractivity contribution < 1.29 is 24.2 Å². The first-order valence-electron chi connectivity index (χ1n) is 9.64. The lowest BCUT2D eigenvalue weighted by Crippen LogP contribution is -2.54. The second-order valence-electron chi connectivity index (χ2n) is 7.51. The molecule has 1 rings (SSSR count). The van der Waals surface area contributed by atoms with E-state index in [9.17, 15) is 19.5 Å². The fraction of sp³-hybridized carbons (Fsp3) is 0.571. The molecule has 28 heavy (non-hydrogen) atoms. The summed E-state index contributed by atoms with van der Waals surface area (Å²) >= 11 is 0. The van der Waals surface area contributed by atoms with Gasteiger partial charge in [-0.05, 0) is 23.8 Å². The molecular formula is C21H32N2O5. The standard InChI is InChI=1S/C21H32N2O5/c1-6-15(4)18(20(25)26)22-19(24)17(12-14(2)3)23(5)21(27)28-13-16-10-8-7-9-11-16/h7-11,14-15,17-18H,6,12-13H2,1-5H3,(H,22,24)(H,25,26)/t15-,17-,18+/m0/s1. The van der Waals surface area contributed by atoms with Crippen molar-refractivity contribution in [2.24, 2.45) is 11.8 Å². The number of carbonyl (C=O) groups excluding carboxylic acids is 2. The highest BCUT2D eigenvalue weighted by atomic mass is 16.6. The molecule has 7 nitrogen and oxygen atoms in total. The Bertz CT molecular complexity index is 647. The fourth-order valence-electron chi connectivity index (χ4n) is 2.77. The zero-order valence-electron chi connectivity index (χ0n) is 17.3. The van der Waals surface area contributed by atoms with Gasteiger partial charge < -0.3 is 15.2 Å². The lowest BCUT2D eigenvalue weighted by molar-refractivity contribution is -0.144. The summed E-state index contributed by atoms with van der Waals surface area (Å²) in [6.07, 6.45) is 0.386. The number of carboxylic acid groups (broad SMARTS) is 1. The van der Waals surface area contributed by atoms with Gasteiger partial charge >= 0.3 is 12.1 Å². The molecule has 156 valence electrons. The van der Waals surface area contributed by atoms with Crippen LogP contribution in [0, 0.1) is 11.8 Å². The molecule has 0 fully saturated rings. The molecule has 0 radical (unpaired) electrons. The highest BCUT2D eigenvalue weighted by Crippen LogP contribution is 2.15. The van der Waals surface area contributed by atoms with E-state index in [1.807, 2.05) is 51.1 Å². The van der Waals surface area contributed by atoms with E-state index in [2.05, 4.69) is 5.32 Å². The molecule has 0 saturated heterocycles. The van der Waals surface area contributed by atoms with Crippen molar-refractivity contribution in [1.82, 2.24) is 10.2 Å². The molecule has 0 heterocycles. The molecule has 1 aromatic carbocycles. The van der Waals surface area contributed by atoms with Crippen LogP contribution in [0.15, 0.2) is 30.3 Å². The van der Waals surface area contributed by atoms with Gasteiger partial charge in [-0.3, -0.25) is 9.69 Å². The van der Waals surface area contributed by atoms with E-state index in [0.29, 0.717) is 12.8 Å². The van der Waals surface area contributed by atoms with Crippen LogP contribution in [0.1, 0.15) is 46.1 Å². The first-order valence-corrected chi connectivity index (χ1v) is 9.64. The monoisotopic (exact) mass is 392 g/mol. The Morgan fingerprint density at radius 2 is 1.75 bits per heavy atom. The number of hydrogen-bond acceptors (Lipinski definition) is 4. The van der Waals surface area contributed by atoms with Crippen LogP contribution in [0.25, 0.3) is 0 Å². The zero-order chi connectivity index (χ0) is 21.3. The summed E-state index contributed by atoms with van der Waals surface area (Å²) in [5.41, 5.74) is 0.844. The Kier molecular flexibility index (Phi) is 9.48. The van der Waals surface area contributed by atoms with Crippen molar-refractivity contribution in [1.29, 1.82) is 0 Å². The maximum Gasteiger partial charge on any atom is 0.410 e. The average Bonchev–Trinajstić information content (AvgIpc) is 2.67. The number of nitrogens with zero attached hydrogens (tertiary/aromatic N) is 1. The first-order chi connectivity index (χ1) is 13.2. The normalized spacial score (nSPS) is 14.1. The molecule has 0 aliphatic carbocycles. The quantitative estimate of drug-likeness (QED) is 0.637. The molecular weight excluding hydrogens is 360 g/mol. The van der Waals surface area contributed by atoms with Gasteiger partial charge in [0.05, 0.1) is 0 Å². The molecule has 0 aliphatic rings. The van der Waals surface area contributed by atoms with Gasteiger partial charge in [0.25, 0.3) is 0 Å². The van der Waals surface area contributed by atoms with E-state index in [1.165, 1.54) is 11.9 Å². The minimum Gasteiger partial charge on any atom is -0.480 e. The molecule has 2 N–H and O–H groups in total. The predicted octanol–water partition coefficient (Wildman–Crippen LogP) is 3.29. The summed E-state index contributed by atoms with van der Waals surface area (Å²) < 4.78 is 5.31. The van der Waals surface area contributed by atoms with E-state index in [0.717, 1.165) is 5.56 Å². The second-order valence-corrected chi connectivity index (χ2v) is 7.51. The van der Waals surface area contributed by atoms with Crippen molar-refractivity contribution in [3.8, 4) is 0 Å². The van der Waals surface area contributed by atoms with Gasteiger partial charge in [-0.15, -0.1) is 0 Å². The van der Waals surface area contributed by atoms with Crippen LogP contribution in [0.3, 0.4) is 0 Å². The molecule has 0 aromatic heterocycles. The third kappa shape index (κ3) is 7.21. The number of ether oxygens (including phenoxy) is 1. The Morgan fingerprint density at radius 1 is 1.14 bits per heavy atom. The second kappa shape index (κ2) is 11.3. The number of nitrogens with one attached hydrogen (secondary N) is 1. The summed E-state index contributed by atoms with van der Waals surface area (Å²) in [7, 11) is 1.50. The molecule has 0 aliphatic heterocycles. The van der Waals surface area contributed by atoms with Crippen molar-refractivity contribution in [3.63, 3.8) is 0 Å². The molecule has 1 aromatic rings. The minimum absolute atomic E-state index is 0.102. The number of carbonyl (C=O) groups is 3. The Labute approximate surface area is 167 Å². The smallest absolute Gasteiger partial charge is 0.410 e.